The summed E-state index contributed by atoms with van der Waals surface area (Å²) in [4.78, 5) is 46.2. The molecule has 7 atom stereocenters. The number of hydrogen-bond donors (Lipinski definition) is 3. The van der Waals surface area contributed by atoms with Gasteiger partial charge in [-0.25, -0.2) is 0 Å². The van der Waals surface area contributed by atoms with Gasteiger partial charge in [0.05, 0.1) is 30.6 Å². The van der Waals surface area contributed by atoms with Crippen molar-refractivity contribution in [2.45, 2.75) is 90.6 Å². The Morgan fingerprint density at radius 2 is 1.70 bits per heavy atom. The van der Waals surface area contributed by atoms with Crippen LogP contribution in [0.5, 0.6) is 0 Å². The molecule has 5 unspecified atom stereocenters. The number of hydrogen-bond acceptors (Lipinski definition) is 5. The summed E-state index contributed by atoms with van der Waals surface area (Å²) in [6.45, 7) is 9.28. The minimum absolute atomic E-state index is 0.0247. The van der Waals surface area contributed by atoms with Crippen LogP contribution >= 0.6 is 0 Å². The number of benzene rings is 2. The van der Waals surface area contributed by atoms with E-state index in [-0.39, 0.29) is 35.8 Å². The lowest BCUT2D eigenvalue weighted by Gasteiger charge is -2.35. The summed E-state index contributed by atoms with van der Waals surface area (Å²) < 4.78 is 11.7. The zero-order chi connectivity index (χ0) is 33.2. The van der Waals surface area contributed by atoms with Crippen molar-refractivity contribution in [3.05, 3.63) is 71.9 Å². The molecule has 2 heterocycles. The highest BCUT2D eigenvalue weighted by Crippen LogP contribution is 2.30. The Bertz CT molecular complexity index is 1430. The first-order valence-electron chi connectivity index (χ1n) is 16.7. The topological polar surface area (TPSA) is 113 Å². The molecule has 250 valence electrons. The van der Waals surface area contributed by atoms with Crippen LogP contribution in [0.15, 0.2) is 60.8 Å². The van der Waals surface area contributed by atoms with Gasteiger partial charge in [-0.15, -0.1) is 0 Å². The van der Waals surface area contributed by atoms with Crippen molar-refractivity contribution in [1.29, 1.82) is 0 Å². The molecule has 3 N–H and O–H groups in total. The third kappa shape index (κ3) is 8.56. The Hall–Kier alpha value is -3.69. The van der Waals surface area contributed by atoms with Crippen LogP contribution in [0.2, 0.25) is 0 Å². The first kappa shape index (κ1) is 35.2. The molecule has 3 amide bonds. The molecular weight excluding hydrogens is 580 g/mol. The molecule has 0 bridgehead atoms. The fraction of sp³-hybridized carbons (Fsp3) is 0.541. The van der Waals surface area contributed by atoms with Crippen molar-refractivity contribution >= 4 is 28.6 Å². The smallest absolute Gasteiger partial charge is 0.243 e. The second-order valence-electron chi connectivity index (χ2n) is 12.8. The molecule has 1 aromatic heterocycles. The molecular formula is C37H52N4O5. The van der Waals surface area contributed by atoms with Crippen LogP contribution < -0.4 is 10.6 Å². The molecule has 0 aliphatic carbocycles. The number of ether oxygens (including phenoxy) is 2. The highest BCUT2D eigenvalue weighted by molar-refractivity contribution is 5.90. The van der Waals surface area contributed by atoms with Crippen LogP contribution in [0, 0.1) is 17.8 Å². The van der Waals surface area contributed by atoms with Gasteiger partial charge in [0.25, 0.3) is 0 Å². The number of likely N-dealkylation sites (tertiary alicyclic amines) is 1. The number of carbonyl (C=O) groups excluding carboxylic acids is 3. The highest BCUT2D eigenvalue weighted by atomic mass is 16.5. The van der Waals surface area contributed by atoms with Gasteiger partial charge in [0.15, 0.2) is 0 Å². The van der Waals surface area contributed by atoms with Gasteiger partial charge in [0.2, 0.25) is 17.7 Å². The average molecular weight is 633 g/mol. The van der Waals surface area contributed by atoms with Crippen LogP contribution in [-0.2, 0) is 36.8 Å². The zero-order valence-corrected chi connectivity index (χ0v) is 28.3. The van der Waals surface area contributed by atoms with E-state index in [9.17, 15) is 14.4 Å². The van der Waals surface area contributed by atoms with E-state index in [4.69, 9.17) is 9.47 Å². The summed E-state index contributed by atoms with van der Waals surface area (Å²) in [6.07, 6.45) is 4.42. The maximum Gasteiger partial charge on any atom is 0.243 e. The number of para-hydroxylation sites is 1. The molecule has 4 rings (SSSR count). The second-order valence-corrected chi connectivity index (χ2v) is 12.8. The summed E-state index contributed by atoms with van der Waals surface area (Å²) in [5.74, 6) is -0.451. The first-order valence-corrected chi connectivity index (χ1v) is 16.7. The van der Waals surface area contributed by atoms with E-state index in [0.717, 1.165) is 41.3 Å². The van der Waals surface area contributed by atoms with E-state index in [0.29, 0.717) is 31.8 Å². The number of methoxy groups -OCH3 is 2. The number of H-pyrrole nitrogens is 1. The monoisotopic (exact) mass is 632 g/mol. The molecule has 2 aromatic carbocycles. The number of carbonyl (C=O) groups is 3. The Balaban J connectivity index is 1.48. The number of aromatic nitrogens is 1. The lowest BCUT2D eigenvalue weighted by atomic mass is 9.87. The maximum absolute atomic E-state index is 13.9. The predicted octanol–water partition coefficient (Wildman–Crippen LogP) is 5.24. The van der Waals surface area contributed by atoms with Crippen LogP contribution in [0.25, 0.3) is 10.9 Å². The van der Waals surface area contributed by atoms with Gasteiger partial charge in [-0.05, 0) is 41.9 Å². The Kier molecular flexibility index (Phi) is 12.8. The lowest BCUT2D eigenvalue weighted by Crippen LogP contribution is -2.54. The number of aromatic amines is 1. The SMILES string of the molecule is CCC(C)C(C)C(CC(=O)N1CCC[C@H]1C(OC)C(C)C(=O)N[C@@H](Cc1c[nH]c2ccccc12)C(=O)NCc1ccccc1)OC. The highest BCUT2D eigenvalue weighted by Gasteiger charge is 2.41. The van der Waals surface area contributed by atoms with Crippen molar-refractivity contribution in [3.63, 3.8) is 0 Å². The predicted molar refractivity (Wildman–Crippen MR) is 181 cm³/mol. The fourth-order valence-electron chi connectivity index (χ4n) is 6.74. The molecule has 1 aliphatic heterocycles. The fourth-order valence-corrected chi connectivity index (χ4v) is 6.74. The summed E-state index contributed by atoms with van der Waals surface area (Å²) in [5, 5.41) is 7.07. The summed E-state index contributed by atoms with van der Waals surface area (Å²) >= 11 is 0. The normalized spacial score (nSPS) is 18.8. The van der Waals surface area contributed by atoms with Gasteiger partial charge in [-0.3, -0.25) is 14.4 Å². The lowest BCUT2D eigenvalue weighted by molar-refractivity contribution is -0.143. The van der Waals surface area contributed by atoms with Crippen molar-refractivity contribution < 1.29 is 23.9 Å². The standard InChI is InChI=1S/C37H52N4O5/c1-7-24(2)25(3)33(45-5)21-34(42)41-19-13-18-32(41)35(46-6)26(4)36(43)40-31(37(44)39-22-27-14-9-8-10-15-27)20-28-23-38-30-17-12-11-16-29(28)30/h8-12,14-17,23-26,31-33,35,38H,7,13,18-22H2,1-6H3,(H,39,44)(H,40,43)/t24?,25?,26?,31-,32-,33?,35?/m0/s1. The first-order chi connectivity index (χ1) is 22.2. The summed E-state index contributed by atoms with van der Waals surface area (Å²) in [7, 11) is 3.26. The Morgan fingerprint density at radius 1 is 0.978 bits per heavy atom. The van der Waals surface area contributed by atoms with Crippen LogP contribution in [-0.4, -0.2) is 72.7 Å². The van der Waals surface area contributed by atoms with Crippen LogP contribution in [0.4, 0.5) is 0 Å². The van der Waals surface area contributed by atoms with Crippen molar-refractivity contribution in [1.82, 2.24) is 20.5 Å². The summed E-state index contributed by atoms with van der Waals surface area (Å²) in [6, 6.07) is 16.6. The molecule has 46 heavy (non-hydrogen) atoms. The van der Waals surface area contributed by atoms with Gasteiger partial charge in [0.1, 0.15) is 6.04 Å². The molecule has 3 aromatic rings. The van der Waals surface area contributed by atoms with Gasteiger partial charge < -0.3 is 30.0 Å². The average Bonchev–Trinajstić information content (AvgIpc) is 3.73. The minimum atomic E-state index is -0.804. The van der Waals surface area contributed by atoms with E-state index >= 15 is 0 Å². The third-order valence-corrected chi connectivity index (χ3v) is 10.0. The number of fused-ring (bicyclic) bond motifs is 1. The van der Waals surface area contributed by atoms with Crippen molar-refractivity contribution in [2.24, 2.45) is 17.8 Å². The number of nitrogens with zero attached hydrogens (tertiary/aromatic N) is 1. The van der Waals surface area contributed by atoms with Gasteiger partial charge in [-0.2, -0.15) is 0 Å². The zero-order valence-electron chi connectivity index (χ0n) is 28.3. The van der Waals surface area contributed by atoms with E-state index < -0.39 is 18.1 Å². The number of amides is 3. The Morgan fingerprint density at radius 3 is 2.39 bits per heavy atom. The second kappa shape index (κ2) is 16.7. The van der Waals surface area contributed by atoms with Crippen LogP contribution in [0.3, 0.4) is 0 Å². The summed E-state index contributed by atoms with van der Waals surface area (Å²) in [5.41, 5.74) is 2.89. The number of nitrogens with one attached hydrogen (secondary N) is 3. The molecule has 1 fully saturated rings. The van der Waals surface area contributed by atoms with E-state index in [2.05, 4.69) is 36.4 Å². The quantitative estimate of drug-likeness (QED) is 0.200. The molecule has 0 radical (unpaired) electrons. The molecule has 0 saturated carbocycles. The van der Waals surface area contributed by atoms with E-state index in [1.807, 2.05) is 72.6 Å². The number of rotatable bonds is 16. The minimum Gasteiger partial charge on any atom is -0.381 e. The van der Waals surface area contributed by atoms with E-state index in [1.54, 1.807) is 14.2 Å². The maximum atomic E-state index is 13.9. The van der Waals surface area contributed by atoms with E-state index in [1.165, 1.54) is 0 Å². The molecule has 0 spiro atoms. The molecule has 9 heteroatoms. The Labute approximate surface area is 273 Å². The third-order valence-electron chi connectivity index (χ3n) is 10.0. The molecule has 1 saturated heterocycles. The molecule has 1 aliphatic rings. The van der Waals surface area contributed by atoms with Crippen molar-refractivity contribution in [3.8, 4) is 0 Å². The van der Waals surface area contributed by atoms with Gasteiger partial charge >= 0.3 is 0 Å². The van der Waals surface area contributed by atoms with Crippen LogP contribution in [0.1, 0.15) is 64.5 Å². The van der Waals surface area contributed by atoms with Gasteiger partial charge in [0, 0.05) is 50.8 Å². The molecule has 9 nitrogen and oxygen atoms in total. The van der Waals surface area contributed by atoms with Crippen molar-refractivity contribution in [2.75, 3.05) is 20.8 Å². The largest absolute Gasteiger partial charge is 0.381 e. The van der Waals surface area contributed by atoms with Gasteiger partial charge in [-0.1, -0.05) is 82.6 Å².